The maximum atomic E-state index is 12.2. The number of benzene rings is 1. The van der Waals surface area contributed by atoms with Crippen molar-refractivity contribution in [3.63, 3.8) is 0 Å². The molecule has 0 bridgehead atoms. The van der Waals surface area contributed by atoms with Gasteiger partial charge in [0, 0.05) is 39.8 Å². The van der Waals surface area contributed by atoms with E-state index in [1.54, 1.807) is 18.3 Å². The molecule has 1 aromatic carbocycles. The Balaban J connectivity index is 1.60. The van der Waals surface area contributed by atoms with Crippen LogP contribution < -0.4 is 11.1 Å². The van der Waals surface area contributed by atoms with Crippen LogP contribution in [0.3, 0.4) is 0 Å². The molecular formula is C22H21N7O2. The van der Waals surface area contributed by atoms with Crippen LogP contribution in [-0.4, -0.2) is 44.3 Å². The van der Waals surface area contributed by atoms with E-state index >= 15 is 0 Å². The Morgan fingerprint density at radius 2 is 2.16 bits per heavy atom. The molecule has 9 nitrogen and oxygen atoms in total. The maximum Gasteiger partial charge on any atom is 0.338 e. The summed E-state index contributed by atoms with van der Waals surface area (Å²) in [5.74, 6) is 0.637. The summed E-state index contributed by atoms with van der Waals surface area (Å²) in [7, 11) is 1.38. The number of rotatable bonds is 4. The summed E-state index contributed by atoms with van der Waals surface area (Å²) in [5.41, 5.74) is 11.0. The summed E-state index contributed by atoms with van der Waals surface area (Å²) in [6.45, 7) is 2.13. The zero-order valence-corrected chi connectivity index (χ0v) is 17.0. The molecule has 0 saturated heterocycles. The molecule has 0 radical (unpaired) electrons. The van der Waals surface area contributed by atoms with Gasteiger partial charge in [0.15, 0.2) is 0 Å². The van der Waals surface area contributed by atoms with Gasteiger partial charge in [0.2, 0.25) is 5.95 Å². The van der Waals surface area contributed by atoms with Crippen molar-refractivity contribution in [2.24, 2.45) is 0 Å². The highest BCUT2D eigenvalue weighted by Crippen LogP contribution is 2.38. The van der Waals surface area contributed by atoms with Crippen molar-refractivity contribution >= 4 is 34.2 Å². The third-order valence-electron chi connectivity index (χ3n) is 5.66. The predicted octanol–water partition coefficient (Wildman–Crippen LogP) is 3.08. The first-order chi connectivity index (χ1) is 15.0. The van der Waals surface area contributed by atoms with E-state index in [1.807, 2.05) is 24.4 Å². The van der Waals surface area contributed by atoms with Crippen LogP contribution in [-0.2, 0) is 4.74 Å². The second-order valence-electron chi connectivity index (χ2n) is 7.48. The highest BCUT2D eigenvalue weighted by atomic mass is 16.5. The van der Waals surface area contributed by atoms with Crippen LogP contribution in [0.15, 0.2) is 48.8 Å². The normalized spacial score (nSPS) is 17.8. The first-order valence-corrected chi connectivity index (χ1v) is 9.86. The first-order valence-electron chi connectivity index (χ1n) is 9.86. The molecule has 3 aromatic heterocycles. The van der Waals surface area contributed by atoms with Gasteiger partial charge in [-0.15, -0.1) is 0 Å². The average Bonchev–Trinajstić information content (AvgIpc) is 3.42. The molecule has 5 rings (SSSR count). The monoisotopic (exact) mass is 415 g/mol. The van der Waals surface area contributed by atoms with E-state index in [0.717, 1.165) is 33.4 Å². The smallest absolute Gasteiger partial charge is 0.338 e. The fraction of sp³-hybridized carbons (Fsp3) is 0.182. The van der Waals surface area contributed by atoms with Gasteiger partial charge >= 0.3 is 5.97 Å². The number of nitrogens with zero attached hydrogens (tertiary/aromatic N) is 3. The first kappa shape index (κ1) is 18.9. The number of anilines is 2. The second kappa shape index (κ2) is 7.28. The van der Waals surface area contributed by atoms with E-state index in [1.165, 1.54) is 7.11 Å². The molecule has 0 fully saturated rings. The summed E-state index contributed by atoms with van der Waals surface area (Å²) < 4.78 is 4.93. The number of ether oxygens (including phenoxy) is 1. The zero-order chi connectivity index (χ0) is 21.5. The van der Waals surface area contributed by atoms with Crippen LogP contribution >= 0.6 is 0 Å². The van der Waals surface area contributed by atoms with E-state index in [2.05, 4.69) is 43.5 Å². The number of hydrogen-bond donors (Lipinski definition) is 4. The molecule has 0 aliphatic heterocycles. The minimum atomic E-state index is -0.370. The number of methoxy groups -OCH3 is 1. The number of aromatic amines is 2. The van der Waals surface area contributed by atoms with Gasteiger partial charge in [0.1, 0.15) is 5.82 Å². The van der Waals surface area contributed by atoms with Gasteiger partial charge in [-0.05, 0) is 24.3 Å². The van der Waals surface area contributed by atoms with Crippen molar-refractivity contribution in [2.45, 2.75) is 18.9 Å². The van der Waals surface area contributed by atoms with Crippen LogP contribution in [0.4, 0.5) is 11.8 Å². The topological polar surface area (TPSA) is 135 Å². The van der Waals surface area contributed by atoms with Crippen LogP contribution in [0.1, 0.15) is 40.2 Å². The predicted molar refractivity (Wildman–Crippen MR) is 118 cm³/mol. The van der Waals surface area contributed by atoms with Gasteiger partial charge < -0.3 is 20.8 Å². The molecule has 1 aliphatic carbocycles. The van der Waals surface area contributed by atoms with Gasteiger partial charge in [-0.2, -0.15) is 10.1 Å². The molecule has 3 heterocycles. The number of nitrogens with two attached hydrogens (primary N) is 1. The molecular weight excluding hydrogens is 394 g/mol. The van der Waals surface area contributed by atoms with Crippen LogP contribution in [0, 0.1) is 0 Å². The molecule has 5 N–H and O–H groups in total. The molecule has 31 heavy (non-hydrogen) atoms. The minimum absolute atomic E-state index is 0.0547. The van der Waals surface area contributed by atoms with Gasteiger partial charge in [-0.3, -0.25) is 5.10 Å². The number of carbonyl (C=O) groups excluding carboxylic acids is 1. The number of nitrogen functional groups attached to an aromatic ring is 1. The Labute approximate surface area is 177 Å². The Morgan fingerprint density at radius 3 is 2.97 bits per heavy atom. The van der Waals surface area contributed by atoms with E-state index in [4.69, 9.17) is 10.5 Å². The Morgan fingerprint density at radius 1 is 1.29 bits per heavy atom. The fourth-order valence-corrected chi connectivity index (χ4v) is 4.06. The third-order valence-corrected chi connectivity index (χ3v) is 5.66. The second-order valence-corrected chi connectivity index (χ2v) is 7.48. The van der Waals surface area contributed by atoms with Crippen molar-refractivity contribution in [3.05, 3.63) is 71.3 Å². The van der Waals surface area contributed by atoms with Gasteiger partial charge in [-0.1, -0.05) is 19.1 Å². The Kier molecular flexibility index (Phi) is 4.43. The molecule has 2 atom stereocenters. The van der Waals surface area contributed by atoms with Crippen LogP contribution in [0.25, 0.3) is 16.5 Å². The van der Waals surface area contributed by atoms with E-state index in [-0.39, 0.29) is 23.9 Å². The quantitative estimate of drug-likeness (QED) is 0.376. The highest BCUT2D eigenvalue weighted by molar-refractivity contribution is 6.05. The zero-order valence-electron chi connectivity index (χ0n) is 17.0. The van der Waals surface area contributed by atoms with Crippen molar-refractivity contribution in [1.29, 1.82) is 0 Å². The largest absolute Gasteiger partial charge is 0.465 e. The highest BCUT2D eigenvalue weighted by Gasteiger charge is 2.30. The number of hydrogen-bond acceptors (Lipinski definition) is 7. The minimum Gasteiger partial charge on any atom is -0.465 e. The molecule has 0 amide bonds. The number of aromatic nitrogens is 5. The Bertz CT molecular complexity index is 1320. The molecule has 0 saturated carbocycles. The van der Waals surface area contributed by atoms with Crippen LogP contribution in [0.5, 0.6) is 0 Å². The lowest BCUT2D eigenvalue weighted by atomic mass is 9.84. The lowest BCUT2D eigenvalue weighted by molar-refractivity contribution is 0.0603. The van der Waals surface area contributed by atoms with Gasteiger partial charge in [-0.25, -0.2) is 9.78 Å². The number of nitrogens with one attached hydrogen (secondary N) is 3. The summed E-state index contributed by atoms with van der Waals surface area (Å²) >= 11 is 0. The van der Waals surface area contributed by atoms with Crippen LogP contribution in [0.2, 0.25) is 0 Å². The van der Waals surface area contributed by atoms with Crippen molar-refractivity contribution in [2.75, 3.05) is 18.2 Å². The Hall–Kier alpha value is -4.14. The molecule has 2 unspecified atom stereocenters. The lowest BCUT2D eigenvalue weighted by Gasteiger charge is -2.28. The number of esters is 1. The fourth-order valence-electron chi connectivity index (χ4n) is 4.06. The summed E-state index contributed by atoms with van der Waals surface area (Å²) in [6.07, 6.45) is 5.60. The molecule has 0 spiro atoms. The van der Waals surface area contributed by atoms with Gasteiger partial charge in [0.25, 0.3) is 0 Å². The summed E-state index contributed by atoms with van der Waals surface area (Å²) in [4.78, 5) is 23.8. The maximum absolute atomic E-state index is 12.2. The molecule has 4 aromatic rings. The molecule has 156 valence electrons. The van der Waals surface area contributed by atoms with E-state index in [9.17, 15) is 4.79 Å². The van der Waals surface area contributed by atoms with E-state index in [0.29, 0.717) is 11.4 Å². The van der Waals surface area contributed by atoms with Crippen molar-refractivity contribution in [3.8, 4) is 0 Å². The third kappa shape index (κ3) is 3.20. The molecule has 1 aliphatic rings. The van der Waals surface area contributed by atoms with E-state index < -0.39 is 0 Å². The lowest BCUT2D eigenvalue weighted by Crippen LogP contribution is -2.28. The number of carbonyl (C=O) groups is 1. The average molecular weight is 415 g/mol. The molecule has 9 heteroatoms. The standard InChI is InChI=1S/C22H21N7O2/c1-11-15-10-25-29-20(15)14(9-17(11)27-19-6-7-24-22(23)28-19)18-8-13-12(21(30)31-2)4-3-5-16(13)26-18/h3-11,17,26H,1-2H3,(H,25,29)(H3,23,24,27,28). The number of fused-ring (bicyclic) bond motifs is 2. The van der Waals surface area contributed by atoms with Crippen molar-refractivity contribution < 1.29 is 9.53 Å². The van der Waals surface area contributed by atoms with Gasteiger partial charge in [0.05, 0.1) is 30.6 Å². The SMILES string of the molecule is COC(=O)c1cccc2[nH]c(C3=CC(Nc4ccnc(N)n4)C(C)c4cn[nH]c43)cc12. The number of H-pyrrole nitrogens is 2. The summed E-state index contributed by atoms with van der Waals surface area (Å²) in [5, 5.41) is 11.6. The van der Waals surface area contributed by atoms with Crippen molar-refractivity contribution in [1.82, 2.24) is 25.1 Å². The summed E-state index contributed by atoms with van der Waals surface area (Å²) in [6, 6.07) is 9.22.